The van der Waals surface area contributed by atoms with Gasteiger partial charge in [-0.25, -0.2) is 8.42 Å². The minimum absolute atomic E-state index is 0.0763. The Balaban J connectivity index is 1.39. The molecule has 0 radical (unpaired) electrons. The first kappa shape index (κ1) is 24.2. The molecule has 1 atom stereocenters. The number of nitrogens with zero attached hydrogens (tertiary/aromatic N) is 3. The van der Waals surface area contributed by atoms with Crippen LogP contribution in [0.4, 0.5) is 5.69 Å². The average Bonchev–Trinajstić information content (AvgIpc) is 3.29. The fourth-order valence-electron chi connectivity index (χ4n) is 4.62. The van der Waals surface area contributed by atoms with Crippen molar-refractivity contribution in [2.75, 3.05) is 30.4 Å². The van der Waals surface area contributed by atoms with Crippen LogP contribution >= 0.6 is 0 Å². The molecule has 4 rings (SSSR count). The van der Waals surface area contributed by atoms with Gasteiger partial charge in [-0.2, -0.15) is 5.10 Å². The van der Waals surface area contributed by atoms with E-state index in [2.05, 4.69) is 22.5 Å². The van der Waals surface area contributed by atoms with Crippen LogP contribution in [-0.2, 0) is 27.6 Å². The minimum Gasteiger partial charge on any atom is -0.325 e. The predicted octanol–water partition coefficient (Wildman–Crippen LogP) is 3.52. The predicted molar refractivity (Wildman–Crippen MR) is 135 cm³/mol. The van der Waals surface area contributed by atoms with Gasteiger partial charge in [0.25, 0.3) is 0 Å². The second kappa shape index (κ2) is 10.1. The maximum Gasteiger partial charge on any atom is 0.238 e. The number of likely N-dealkylation sites (N-methyl/N-ethyl adjacent to an activating group) is 1. The van der Waals surface area contributed by atoms with Crippen LogP contribution in [0.2, 0.25) is 0 Å². The molecule has 1 fully saturated rings. The Labute approximate surface area is 201 Å². The molecule has 34 heavy (non-hydrogen) atoms. The van der Waals surface area contributed by atoms with Crippen molar-refractivity contribution in [1.82, 2.24) is 14.7 Å². The van der Waals surface area contributed by atoms with Crippen LogP contribution in [0, 0.1) is 13.8 Å². The van der Waals surface area contributed by atoms with E-state index in [1.807, 2.05) is 72.9 Å². The molecular formula is C26H32N4O3S. The zero-order valence-electron chi connectivity index (χ0n) is 20.0. The summed E-state index contributed by atoms with van der Waals surface area (Å²) in [5.74, 6) is 0.291. The number of carbonyl (C=O) groups is 1. The number of aryl methyl sites for hydroxylation is 1. The van der Waals surface area contributed by atoms with Gasteiger partial charge in [-0.3, -0.25) is 14.4 Å². The van der Waals surface area contributed by atoms with E-state index in [0.29, 0.717) is 13.0 Å². The largest absolute Gasteiger partial charge is 0.325 e. The first-order valence-electron chi connectivity index (χ1n) is 11.6. The maximum absolute atomic E-state index is 12.8. The van der Waals surface area contributed by atoms with Crippen molar-refractivity contribution in [1.29, 1.82) is 0 Å². The summed E-state index contributed by atoms with van der Waals surface area (Å²) in [6.45, 7) is 4.72. The normalized spacial score (nSPS) is 17.2. The van der Waals surface area contributed by atoms with Crippen LogP contribution in [0.1, 0.15) is 40.5 Å². The molecule has 0 saturated carbocycles. The van der Waals surface area contributed by atoms with Crippen LogP contribution < -0.4 is 5.32 Å². The number of rotatable bonds is 8. The summed E-state index contributed by atoms with van der Waals surface area (Å²) in [5.41, 5.74) is 5.99. The Morgan fingerprint density at radius 2 is 1.82 bits per heavy atom. The molecule has 0 unspecified atom stereocenters. The van der Waals surface area contributed by atoms with Crippen LogP contribution in [-0.4, -0.2) is 54.1 Å². The highest BCUT2D eigenvalue weighted by Crippen LogP contribution is 2.27. The third kappa shape index (κ3) is 5.74. The smallest absolute Gasteiger partial charge is 0.238 e. The molecule has 7 nitrogen and oxygen atoms in total. The molecule has 1 N–H and O–H groups in total. The standard InChI is InChI=1S/C26H32N4O3S/c1-19-24(20(2)30(28-19)23-13-14-34(32,33)18-23)16-29(3)17-26(31)27-25-12-8-7-11-22(25)15-21-9-5-4-6-10-21/h4-12,23H,13-18H2,1-3H3,(H,27,31)/t23-/m0/s1. The molecule has 0 aliphatic carbocycles. The number of sulfone groups is 1. The first-order chi connectivity index (χ1) is 16.2. The van der Waals surface area contributed by atoms with E-state index in [4.69, 9.17) is 0 Å². The number of nitrogens with one attached hydrogen (secondary N) is 1. The van der Waals surface area contributed by atoms with Crippen molar-refractivity contribution in [3.05, 3.63) is 82.7 Å². The van der Waals surface area contributed by atoms with Crippen LogP contribution in [0.3, 0.4) is 0 Å². The van der Waals surface area contributed by atoms with E-state index in [0.717, 1.165) is 34.6 Å². The molecule has 1 aromatic heterocycles. The van der Waals surface area contributed by atoms with Crippen molar-refractivity contribution in [2.24, 2.45) is 0 Å². The van der Waals surface area contributed by atoms with Crippen LogP contribution in [0.5, 0.6) is 0 Å². The van der Waals surface area contributed by atoms with Crippen molar-refractivity contribution in [2.45, 2.75) is 39.3 Å². The monoisotopic (exact) mass is 480 g/mol. The van der Waals surface area contributed by atoms with Gasteiger partial charge in [-0.15, -0.1) is 0 Å². The molecule has 1 aliphatic rings. The fourth-order valence-corrected chi connectivity index (χ4v) is 6.31. The Kier molecular flexibility index (Phi) is 7.19. The van der Waals surface area contributed by atoms with Gasteiger partial charge in [-0.1, -0.05) is 48.5 Å². The Morgan fingerprint density at radius 3 is 2.53 bits per heavy atom. The maximum atomic E-state index is 12.8. The fraction of sp³-hybridized carbons (Fsp3) is 0.385. The van der Waals surface area contributed by atoms with Gasteiger partial charge in [0.15, 0.2) is 9.84 Å². The number of benzene rings is 2. The number of carbonyl (C=O) groups excluding carboxylic acids is 1. The highest BCUT2D eigenvalue weighted by atomic mass is 32.2. The van der Waals surface area contributed by atoms with E-state index in [-0.39, 0.29) is 30.0 Å². The lowest BCUT2D eigenvalue weighted by Crippen LogP contribution is -2.30. The topological polar surface area (TPSA) is 84.3 Å². The summed E-state index contributed by atoms with van der Waals surface area (Å²) in [6, 6.07) is 18.0. The number of anilines is 1. The third-order valence-corrected chi connectivity index (χ3v) is 8.15. The molecule has 1 aliphatic heterocycles. The number of para-hydroxylation sites is 1. The van der Waals surface area contributed by atoms with Gasteiger partial charge < -0.3 is 5.32 Å². The SMILES string of the molecule is Cc1nn([C@H]2CCS(=O)(=O)C2)c(C)c1CN(C)CC(=O)Nc1ccccc1Cc1ccccc1. The number of hydrogen-bond donors (Lipinski definition) is 1. The summed E-state index contributed by atoms with van der Waals surface area (Å²) in [7, 11) is -1.07. The summed E-state index contributed by atoms with van der Waals surface area (Å²) in [5, 5.41) is 7.70. The Hall–Kier alpha value is -2.97. The zero-order chi connectivity index (χ0) is 24.3. The Bertz CT molecular complexity index is 1270. The summed E-state index contributed by atoms with van der Waals surface area (Å²) in [4.78, 5) is 14.8. The van der Waals surface area contributed by atoms with Crippen molar-refractivity contribution in [3.63, 3.8) is 0 Å². The first-order valence-corrected chi connectivity index (χ1v) is 13.4. The second-order valence-corrected chi connectivity index (χ2v) is 11.4. The van der Waals surface area contributed by atoms with Gasteiger partial charge >= 0.3 is 0 Å². The van der Waals surface area contributed by atoms with Gasteiger partial charge in [0.05, 0.1) is 29.8 Å². The van der Waals surface area contributed by atoms with Crippen LogP contribution in [0.15, 0.2) is 54.6 Å². The molecule has 2 aromatic carbocycles. The molecule has 3 aromatic rings. The molecule has 1 saturated heterocycles. The van der Waals surface area contributed by atoms with Gasteiger partial charge in [0, 0.05) is 23.5 Å². The van der Waals surface area contributed by atoms with E-state index >= 15 is 0 Å². The van der Waals surface area contributed by atoms with E-state index in [1.165, 1.54) is 5.56 Å². The quantitative estimate of drug-likeness (QED) is 0.533. The number of hydrogen-bond acceptors (Lipinski definition) is 5. The summed E-state index contributed by atoms with van der Waals surface area (Å²) in [6.07, 6.45) is 1.35. The third-order valence-electron chi connectivity index (χ3n) is 6.40. The number of aromatic nitrogens is 2. The Morgan fingerprint density at radius 1 is 1.12 bits per heavy atom. The summed E-state index contributed by atoms with van der Waals surface area (Å²) >= 11 is 0. The zero-order valence-corrected chi connectivity index (χ0v) is 20.8. The highest BCUT2D eigenvalue weighted by molar-refractivity contribution is 7.91. The highest BCUT2D eigenvalue weighted by Gasteiger charge is 2.31. The average molecular weight is 481 g/mol. The lowest BCUT2D eigenvalue weighted by atomic mass is 10.0. The molecular weight excluding hydrogens is 448 g/mol. The molecule has 180 valence electrons. The lowest BCUT2D eigenvalue weighted by molar-refractivity contribution is -0.117. The molecule has 2 heterocycles. The molecule has 0 spiro atoms. The molecule has 0 bridgehead atoms. The van der Waals surface area contributed by atoms with Crippen molar-refractivity contribution in [3.8, 4) is 0 Å². The van der Waals surface area contributed by atoms with Crippen molar-refractivity contribution >= 4 is 21.4 Å². The molecule has 8 heteroatoms. The summed E-state index contributed by atoms with van der Waals surface area (Å²) < 4.78 is 25.7. The lowest BCUT2D eigenvalue weighted by Gasteiger charge is -2.18. The van der Waals surface area contributed by atoms with E-state index < -0.39 is 9.84 Å². The molecule has 1 amide bonds. The minimum atomic E-state index is -2.98. The van der Waals surface area contributed by atoms with E-state index in [9.17, 15) is 13.2 Å². The van der Waals surface area contributed by atoms with E-state index in [1.54, 1.807) is 0 Å². The van der Waals surface area contributed by atoms with Gasteiger partial charge in [0.1, 0.15) is 0 Å². The van der Waals surface area contributed by atoms with Gasteiger partial charge in [-0.05, 0) is 50.9 Å². The van der Waals surface area contributed by atoms with Crippen molar-refractivity contribution < 1.29 is 13.2 Å². The van der Waals surface area contributed by atoms with Gasteiger partial charge in [0.2, 0.25) is 5.91 Å². The number of amides is 1. The van der Waals surface area contributed by atoms with Crippen LogP contribution in [0.25, 0.3) is 0 Å². The second-order valence-electron chi connectivity index (χ2n) is 9.19.